The van der Waals surface area contributed by atoms with E-state index in [0.29, 0.717) is 12.5 Å². The largest absolute Gasteiger partial charge is 0.354 e. The van der Waals surface area contributed by atoms with Crippen LogP contribution in [0.5, 0.6) is 0 Å². The molecule has 1 heterocycles. The fraction of sp³-hybridized carbons (Fsp3) is 0.941. The third kappa shape index (κ3) is 5.82. The predicted molar refractivity (Wildman–Crippen MR) is 83.6 cm³/mol. The zero-order valence-electron chi connectivity index (χ0n) is 13.1. The van der Waals surface area contributed by atoms with Gasteiger partial charge in [0, 0.05) is 12.5 Å². The number of nitrogens with one attached hydrogen (secondary N) is 2. The molecule has 20 heavy (non-hydrogen) atoms. The Hall–Kier alpha value is -0.570. The maximum Gasteiger partial charge on any atom is 0.220 e. The van der Waals surface area contributed by atoms with E-state index in [1.165, 1.54) is 44.9 Å². The molecular weight excluding hydrogens is 248 g/mol. The second-order valence-electron chi connectivity index (χ2n) is 6.95. The number of carbonyl (C=O) groups excluding carboxylic acids is 1. The van der Waals surface area contributed by atoms with E-state index in [4.69, 9.17) is 0 Å². The van der Waals surface area contributed by atoms with Crippen LogP contribution in [0.2, 0.25) is 0 Å². The van der Waals surface area contributed by atoms with Crippen molar-refractivity contribution in [1.29, 1.82) is 0 Å². The van der Waals surface area contributed by atoms with Gasteiger partial charge < -0.3 is 10.6 Å². The molecule has 3 heteroatoms. The smallest absolute Gasteiger partial charge is 0.220 e. The molecule has 0 spiro atoms. The van der Waals surface area contributed by atoms with Crippen molar-refractivity contribution in [2.24, 2.45) is 11.8 Å². The van der Waals surface area contributed by atoms with Gasteiger partial charge in [-0.3, -0.25) is 4.79 Å². The number of rotatable bonds is 7. The quantitative estimate of drug-likeness (QED) is 0.751. The normalized spacial score (nSPS) is 25.6. The number of carbonyl (C=O) groups is 1. The molecule has 1 amide bonds. The van der Waals surface area contributed by atoms with E-state index in [0.717, 1.165) is 37.8 Å². The van der Waals surface area contributed by atoms with Crippen LogP contribution in [0.3, 0.4) is 0 Å². The minimum absolute atomic E-state index is 0.257. The van der Waals surface area contributed by atoms with Gasteiger partial charge in [-0.25, -0.2) is 0 Å². The average molecular weight is 280 g/mol. The highest BCUT2D eigenvalue weighted by Gasteiger charge is 2.17. The first-order valence-electron chi connectivity index (χ1n) is 8.74. The molecule has 2 N–H and O–H groups in total. The maximum absolute atomic E-state index is 11.9. The molecule has 2 atom stereocenters. The lowest BCUT2D eigenvalue weighted by Crippen LogP contribution is -2.33. The second kappa shape index (κ2) is 8.66. The van der Waals surface area contributed by atoms with Crippen molar-refractivity contribution in [1.82, 2.24) is 10.6 Å². The lowest BCUT2D eigenvalue weighted by molar-refractivity contribution is -0.122. The van der Waals surface area contributed by atoms with Gasteiger partial charge in [0.15, 0.2) is 0 Å². The topological polar surface area (TPSA) is 41.1 Å². The monoisotopic (exact) mass is 280 g/mol. The molecule has 0 radical (unpaired) electrons. The van der Waals surface area contributed by atoms with Crippen LogP contribution < -0.4 is 10.6 Å². The van der Waals surface area contributed by atoms with E-state index in [9.17, 15) is 4.79 Å². The number of hydrogen-bond donors (Lipinski definition) is 2. The van der Waals surface area contributed by atoms with E-state index in [1.54, 1.807) is 0 Å². The van der Waals surface area contributed by atoms with Crippen molar-refractivity contribution in [3.63, 3.8) is 0 Å². The molecule has 1 saturated carbocycles. The highest BCUT2D eigenvalue weighted by Crippen LogP contribution is 2.27. The van der Waals surface area contributed by atoms with Crippen molar-refractivity contribution < 1.29 is 4.79 Å². The zero-order chi connectivity index (χ0) is 14.2. The van der Waals surface area contributed by atoms with Crippen LogP contribution in [-0.2, 0) is 4.79 Å². The summed E-state index contributed by atoms with van der Waals surface area (Å²) in [4.78, 5) is 11.9. The Morgan fingerprint density at radius 3 is 2.65 bits per heavy atom. The minimum Gasteiger partial charge on any atom is -0.354 e. The molecule has 0 aromatic heterocycles. The summed E-state index contributed by atoms with van der Waals surface area (Å²) in [7, 11) is 0. The molecule has 0 aromatic rings. The zero-order valence-corrected chi connectivity index (χ0v) is 13.1. The van der Waals surface area contributed by atoms with Gasteiger partial charge in [0.25, 0.3) is 0 Å². The van der Waals surface area contributed by atoms with Crippen LogP contribution in [0.1, 0.15) is 71.1 Å². The second-order valence-corrected chi connectivity index (χ2v) is 6.95. The molecule has 0 bridgehead atoms. The first-order valence-corrected chi connectivity index (χ1v) is 8.74. The van der Waals surface area contributed by atoms with Gasteiger partial charge in [0.1, 0.15) is 0 Å². The van der Waals surface area contributed by atoms with Gasteiger partial charge in [0.05, 0.1) is 0 Å². The molecule has 2 rings (SSSR count). The van der Waals surface area contributed by atoms with Gasteiger partial charge in [-0.2, -0.15) is 0 Å². The van der Waals surface area contributed by atoms with Crippen molar-refractivity contribution in [2.45, 2.75) is 77.2 Å². The van der Waals surface area contributed by atoms with Crippen LogP contribution in [0.15, 0.2) is 0 Å². The van der Waals surface area contributed by atoms with Crippen LogP contribution >= 0.6 is 0 Å². The van der Waals surface area contributed by atoms with E-state index in [1.807, 2.05) is 0 Å². The third-order valence-electron chi connectivity index (χ3n) is 5.08. The Labute approximate surface area is 124 Å². The summed E-state index contributed by atoms with van der Waals surface area (Å²) in [5.41, 5.74) is 0. The molecule has 2 fully saturated rings. The van der Waals surface area contributed by atoms with Gasteiger partial charge in [-0.05, 0) is 57.5 Å². The Kier molecular flexibility index (Phi) is 6.85. The lowest BCUT2D eigenvalue weighted by Gasteiger charge is -2.23. The summed E-state index contributed by atoms with van der Waals surface area (Å²) in [5, 5.41) is 6.55. The van der Waals surface area contributed by atoms with E-state index < -0.39 is 0 Å². The van der Waals surface area contributed by atoms with Crippen molar-refractivity contribution >= 4 is 5.91 Å². The van der Waals surface area contributed by atoms with Gasteiger partial charge in [-0.1, -0.05) is 32.1 Å². The van der Waals surface area contributed by atoms with Crippen LogP contribution in [0.4, 0.5) is 0 Å². The molecule has 2 unspecified atom stereocenters. The van der Waals surface area contributed by atoms with Gasteiger partial charge in [-0.15, -0.1) is 0 Å². The van der Waals surface area contributed by atoms with Crippen LogP contribution in [0, 0.1) is 11.8 Å². The Morgan fingerprint density at radius 1 is 1.15 bits per heavy atom. The molecule has 2 aliphatic rings. The van der Waals surface area contributed by atoms with Crippen molar-refractivity contribution in [3.05, 3.63) is 0 Å². The standard InChI is InChI=1S/C17H32N2O/c1-14(7-8-15-5-3-2-4-6-15)19-17(20)10-9-16-11-12-18-13-16/h14-16,18H,2-13H2,1H3,(H,19,20). The maximum atomic E-state index is 11.9. The number of hydrogen-bond acceptors (Lipinski definition) is 2. The molecule has 3 nitrogen and oxygen atoms in total. The summed E-state index contributed by atoms with van der Waals surface area (Å²) < 4.78 is 0. The van der Waals surface area contributed by atoms with Crippen molar-refractivity contribution in [3.8, 4) is 0 Å². The molecule has 0 aromatic carbocycles. The highest BCUT2D eigenvalue weighted by atomic mass is 16.1. The SMILES string of the molecule is CC(CCC1CCCCC1)NC(=O)CCC1CCNC1. The summed E-state index contributed by atoms with van der Waals surface area (Å²) in [6, 6.07) is 0.353. The van der Waals surface area contributed by atoms with Crippen LogP contribution in [-0.4, -0.2) is 25.0 Å². The molecule has 116 valence electrons. The first-order chi connectivity index (χ1) is 9.74. The first kappa shape index (κ1) is 15.8. The fourth-order valence-electron chi connectivity index (χ4n) is 3.68. The van der Waals surface area contributed by atoms with E-state index in [-0.39, 0.29) is 5.91 Å². The Morgan fingerprint density at radius 2 is 1.95 bits per heavy atom. The molecule has 1 aliphatic carbocycles. The lowest BCUT2D eigenvalue weighted by atomic mass is 9.85. The van der Waals surface area contributed by atoms with Gasteiger partial charge >= 0.3 is 0 Å². The third-order valence-corrected chi connectivity index (χ3v) is 5.08. The van der Waals surface area contributed by atoms with E-state index in [2.05, 4.69) is 17.6 Å². The van der Waals surface area contributed by atoms with Crippen molar-refractivity contribution in [2.75, 3.05) is 13.1 Å². The Bertz CT molecular complexity index is 281. The summed E-state index contributed by atoms with van der Waals surface area (Å²) in [5.74, 6) is 1.90. The average Bonchev–Trinajstić information content (AvgIpc) is 2.97. The fourth-order valence-corrected chi connectivity index (χ4v) is 3.68. The number of amides is 1. The highest BCUT2D eigenvalue weighted by molar-refractivity contribution is 5.76. The predicted octanol–water partition coefficient (Wildman–Crippen LogP) is 3.24. The summed E-state index contributed by atoms with van der Waals surface area (Å²) >= 11 is 0. The minimum atomic E-state index is 0.257. The molecular formula is C17H32N2O. The van der Waals surface area contributed by atoms with E-state index >= 15 is 0 Å². The van der Waals surface area contributed by atoms with Crippen LogP contribution in [0.25, 0.3) is 0 Å². The molecule has 1 aliphatic heterocycles. The molecule has 1 saturated heterocycles. The summed E-state index contributed by atoms with van der Waals surface area (Å²) in [6.07, 6.45) is 12.5. The van der Waals surface area contributed by atoms with Gasteiger partial charge in [0.2, 0.25) is 5.91 Å². The Balaban J connectivity index is 1.53. The summed E-state index contributed by atoms with van der Waals surface area (Å²) in [6.45, 7) is 4.40.